The quantitative estimate of drug-likeness (QED) is 0.481. The Bertz CT molecular complexity index is 624. The summed E-state index contributed by atoms with van der Waals surface area (Å²) in [7, 11) is -1.50. The molecule has 0 atom stereocenters. The molecule has 5 nitrogen and oxygen atoms in total. The molecular weight excluding hydrogens is 294 g/mol. The third-order valence-electron chi connectivity index (χ3n) is 3.21. The van der Waals surface area contributed by atoms with Gasteiger partial charge in [-0.25, -0.2) is 14.8 Å². The smallest absolute Gasteiger partial charge is 0.381 e. The highest BCUT2D eigenvalue weighted by molar-refractivity contribution is 6.79. The van der Waals surface area contributed by atoms with Crippen molar-refractivity contribution >= 4 is 19.9 Å². The minimum absolute atomic E-state index is 0.0687. The van der Waals surface area contributed by atoms with E-state index in [9.17, 15) is 4.79 Å². The van der Waals surface area contributed by atoms with Gasteiger partial charge in [-0.2, -0.15) is 0 Å². The minimum Gasteiger partial charge on any atom is -0.421 e. The number of hydrogen-bond acceptors (Lipinski definition) is 5. The maximum absolute atomic E-state index is 12.0. The highest BCUT2D eigenvalue weighted by atomic mass is 28.3. The Hall–Kier alpha value is -2.21. The summed E-state index contributed by atoms with van der Waals surface area (Å²) >= 11 is 0. The maximum Gasteiger partial charge on any atom is 0.381 e. The standard InChI is InChI=1S/C16H21N3O2Si/c1-5-19(22(2,3)4)13-11-17-15(18-12-13)16(20)21-14-9-7-6-8-10-14/h6-12H,5H2,1-4H3. The molecule has 0 fully saturated rings. The fourth-order valence-electron chi connectivity index (χ4n) is 2.25. The molecule has 0 amide bonds. The Kier molecular flexibility index (Phi) is 4.92. The van der Waals surface area contributed by atoms with Crippen molar-refractivity contribution in [3.63, 3.8) is 0 Å². The van der Waals surface area contributed by atoms with E-state index in [0.717, 1.165) is 12.2 Å². The van der Waals surface area contributed by atoms with Gasteiger partial charge in [0.05, 0.1) is 18.1 Å². The van der Waals surface area contributed by atoms with Crippen molar-refractivity contribution in [2.45, 2.75) is 26.6 Å². The zero-order chi connectivity index (χ0) is 16.2. The van der Waals surface area contributed by atoms with Crippen LogP contribution in [0.2, 0.25) is 19.6 Å². The molecule has 0 aliphatic carbocycles. The first-order chi connectivity index (χ1) is 10.4. The number of aromatic nitrogens is 2. The molecule has 22 heavy (non-hydrogen) atoms. The van der Waals surface area contributed by atoms with Crippen molar-refractivity contribution in [1.82, 2.24) is 9.97 Å². The van der Waals surface area contributed by atoms with Crippen LogP contribution in [0.15, 0.2) is 42.7 Å². The van der Waals surface area contributed by atoms with Gasteiger partial charge < -0.3 is 9.30 Å². The first-order valence-electron chi connectivity index (χ1n) is 7.28. The van der Waals surface area contributed by atoms with Crippen LogP contribution in [0.3, 0.4) is 0 Å². The van der Waals surface area contributed by atoms with Crippen LogP contribution in [-0.4, -0.2) is 30.7 Å². The second kappa shape index (κ2) is 6.70. The fraction of sp³-hybridized carbons (Fsp3) is 0.312. The minimum atomic E-state index is -1.50. The third kappa shape index (κ3) is 3.91. The van der Waals surface area contributed by atoms with E-state index in [1.54, 1.807) is 36.7 Å². The Labute approximate surface area is 132 Å². The normalized spacial score (nSPS) is 11.1. The summed E-state index contributed by atoms with van der Waals surface area (Å²) in [6.45, 7) is 9.78. The van der Waals surface area contributed by atoms with E-state index in [4.69, 9.17) is 4.74 Å². The van der Waals surface area contributed by atoms with Gasteiger partial charge in [-0.15, -0.1) is 0 Å². The Morgan fingerprint density at radius 3 is 2.23 bits per heavy atom. The van der Waals surface area contributed by atoms with Gasteiger partial charge in [-0.1, -0.05) is 37.8 Å². The number of nitrogens with zero attached hydrogens (tertiary/aromatic N) is 3. The topological polar surface area (TPSA) is 55.3 Å². The molecule has 116 valence electrons. The number of esters is 1. The van der Waals surface area contributed by atoms with Crippen molar-refractivity contribution < 1.29 is 9.53 Å². The number of benzene rings is 1. The molecule has 2 rings (SSSR count). The third-order valence-corrected chi connectivity index (χ3v) is 5.41. The van der Waals surface area contributed by atoms with Crippen molar-refractivity contribution in [3.05, 3.63) is 48.5 Å². The number of hydrogen-bond donors (Lipinski definition) is 0. The van der Waals surface area contributed by atoms with Crippen LogP contribution in [0.5, 0.6) is 5.75 Å². The summed E-state index contributed by atoms with van der Waals surface area (Å²) in [6.07, 6.45) is 3.38. The lowest BCUT2D eigenvalue weighted by molar-refractivity contribution is 0.0722. The largest absolute Gasteiger partial charge is 0.421 e. The Morgan fingerprint density at radius 1 is 1.14 bits per heavy atom. The van der Waals surface area contributed by atoms with E-state index < -0.39 is 14.2 Å². The zero-order valence-electron chi connectivity index (χ0n) is 13.4. The van der Waals surface area contributed by atoms with Crippen molar-refractivity contribution in [1.29, 1.82) is 0 Å². The number of rotatable bonds is 5. The maximum atomic E-state index is 12.0. The first kappa shape index (κ1) is 16.2. The number of carbonyl (C=O) groups excluding carboxylic acids is 1. The van der Waals surface area contributed by atoms with Gasteiger partial charge in [0.1, 0.15) is 14.0 Å². The molecule has 1 aromatic carbocycles. The number of para-hydroxylation sites is 1. The highest BCUT2D eigenvalue weighted by Gasteiger charge is 2.23. The number of ether oxygens (including phenoxy) is 1. The van der Waals surface area contributed by atoms with Crippen LogP contribution in [0.1, 0.15) is 17.5 Å². The summed E-state index contributed by atoms with van der Waals surface area (Å²) in [6, 6.07) is 8.91. The second-order valence-corrected chi connectivity index (χ2v) is 10.8. The molecule has 0 aliphatic rings. The molecule has 0 unspecified atom stereocenters. The molecule has 0 saturated heterocycles. The summed E-state index contributed by atoms with van der Waals surface area (Å²) in [4.78, 5) is 20.3. The molecule has 0 radical (unpaired) electrons. The fourth-order valence-corrected chi connectivity index (χ4v) is 4.09. The monoisotopic (exact) mass is 315 g/mol. The predicted octanol–water partition coefficient (Wildman–Crippen LogP) is 3.36. The highest BCUT2D eigenvalue weighted by Crippen LogP contribution is 2.19. The average Bonchev–Trinajstić information content (AvgIpc) is 2.48. The van der Waals surface area contributed by atoms with Crippen LogP contribution >= 0.6 is 0 Å². The van der Waals surface area contributed by atoms with E-state index in [1.807, 2.05) is 6.07 Å². The molecule has 0 aliphatic heterocycles. The SMILES string of the molecule is CCN(c1cnc(C(=O)Oc2ccccc2)nc1)[Si](C)(C)C. The summed E-state index contributed by atoms with van der Waals surface area (Å²) < 4.78 is 7.53. The summed E-state index contributed by atoms with van der Waals surface area (Å²) in [5.74, 6) is 0.00509. The molecule has 0 spiro atoms. The van der Waals surface area contributed by atoms with Crippen LogP contribution in [0.4, 0.5) is 5.69 Å². The molecule has 2 aromatic rings. The first-order valence-corrected chi connectivity index (χ1v) is 10.7. The van der Waals surface area contributed by atoms with Crippen molar-refractivity contribution in [3.8, 4) is 5.75 Å². The van der Waals surface area contributed by atoms with Crippen LogP contribution in [0.25, 0.3) is 0 Å². The molecule has 0 saturated carbocycles. The van der Waals surface area contributed by atoms with E-state index in [0.29, 0.717) is 5.75 Å². The van der Waals surface area contributed by atoms with Gasteiger partial charge >= 0.3 is 5.97 Å². The second-order valence-electron chi connectivity index (χ2n) is 5.88. The van der Waals surface area contributed by atoms with E-state index in [-0.39, 0.29) is 5.82 Å². The van der Waals surface area contributed by atoms with E-state index in [1.165, 1.54) is 0 Å². The molecular formula is C16H21N3O2Si. The van der Waals surface area contributed by atoms with Crippen molar-refractivity contribution in [2.75, 3.05) is 11.1 Å². The van der Waals surface area contributed by atoms with Gasteiger partial charge in [0, 0.05) is 6.54 Å². The lowest BCUT2D eigenvalue weighted by Gasteiger charge is -2.34. The Morgan fingerprint density at radius 2 is 1.73 bits per heavy atom. The molecule has 1 aromatic heterocycles. The number of carbonyl (C=O) groups is 1. The lowest BCUT2D eigenvalue weighted by atomic mass is 10.3. The van der Waals surface area contributed by atoms with Gasteiger partial charge in [0.15, 0.2) is 0 Å². The zero-order valence-corrected chi connectivity index (χ0v) is 14.4. The molecule has 0 N–H and O–H groups in total. The van der Waals surface area contributed by atoms with Crippen LogP contribution < -0.4 is 9.30 Å². The predicted molar refractivity (Wildman–Crippen MR) is 89.8 cm³/mol. The summed E-state index contributed by atoms with van der Waals surface area (Å²) in [5.41, 5.74) is 0.943. The Balaban J connectivity index is 2.13. The van der Waals surface area contributed by atoms with E-state index >= 15 is 0 Å². The van der Waals surface area contributed by atoms with Gasteiger partial charge in [-0.05, 0) is 19.1 Å². The lowest BCUT2D eigenvalue weighted by Crippen LogP contribution is -2.46. The van der Waals surface area contributed by atoms with Gasteiger partial charge in [0.25, 0.3) is 0 Å². The van der Waals surface area contributed by atoms with Gasteiger partial charge in [-0.3, -0.25) is 0 Å². The molecule has 0 bridgehead atoms. The molecule has 1 heterocycles. The van der Waals surface area contributed by atoms with Crippen LogP contribution in [0, 0.1) is 0 Å². The van der Waals surface area contributed by atoms with Gasteiger partial charge in [0.2, 0.25) is 5.82 Å². The summed E-state index contributed by atoms with van der Waals surface area (Å²) in [5, 5.41) is 0. The average molecular weight is 315 g/mol. The molecule has 6 heteroatoms. The van der Waals surface area contributed by atoms with Crippen molar-refractivity contribution in [2.24, 2.45) is 0 Å². The van der Waals surface area contributed by atoms with E-state index in [2.05, 4.69) is 41.1 Å². The number of anilines is 1. The van der Waals surface area contributed by atoms with Crippen LogP contribution in [-0.2, 0) is 0 Å².